The number of methoxy groups -OCH3 is 2. The zero-order valence-electron chi connectivity index (χ0n) is 20.3. The zero-order valence-corrected chi connectivity index (χ0v) is 20.3. The molecule has 2 unspecified atom stereocenters. The second kappa shape index (κ2) is 10.8. The normalized spacial score (nSPS) is 20.0. The number of ether oxygens (including phenoxy) is 2. The van der Waals surface area contributed by atoms with Gasteiger partial charge in [0.15, 0.2) is 11.8 Å². The Morgan fingerprint density at radius 1 is 1.19 bits per heavy atom. The van der Waals surface area contributed by atoms with Crippen molar-refractivity contribution in [3.05, 3.63) is 41.5 Å². The van der Waals surface area contributed by atoms with Crippen molar-refractivity contribution >= 4 is 5.96 Å². The van der Waals surface area contributed by atoms with Crippen molar-refractivity contribution in [2.45, 2.75) is 65.1 Å². The Morgan fingerprint density at radius 3 is 2.47 bits per heavy atom. The standard InChI is InChI=1S/C24H38N6O2/c1-7-24(8-2)20(15-21(24)32-6)27-23(26-16-22-29-28-17(3)30(22)4)25-14-13-18-9-11-19(31-5)12-10-18/h9-12,20-21H,7-8,13-16H2,1-6H3,(H2,25,26,27). The van der Waals surface area contributed by atoms with E-state index in [4.69, 9.17) is 14.5 Å². The predicted octanol–water partition coefficient (Wildman–Crippen LogP) is 3.00. The number of aromatic nitrogens is 3. The van der Waals surface area contributed by atoms with E-state index >= 15 is 0 Å². The summed E-state index contributed by atoms with van der Waals surface area (Å²) in [5.41, 5.74) is 1.38. The predicted molar refractivity (Wildman–Crippen MR) is 127 cm³/mol. The van der Waals surface area contributed by atoms with E-state index in [2.05, 4.69) is 46.8 Å². The topological polar surface area (TPSA) is 85.6 Å². The monoisotopic (exact) mass is 442 g/mol. The lowest BCUT2D eigenvalue weighted by molar-refractivity contribution is -0.118. The van der Waals surface area contributed by atoms with Crippen LogP contribution in [0.4, 0.5) is 0 Å². The minimum absolute atomic E-state index is 0.133. The van der Waals surface area contributed by atoms with Gasteiger partial charge in [0.05, 0.1) is 13.2 Å². The van der Waals surface area contributed by atoms with Crippen LogP contribution < -0.4 is 15.4 Å². The highest BCUT2D eigenvalue weighted by molar-refractivity contribution is 5.80. The maximum Gasteiger partial charge on any atom is 0.191 e. The van der Waals surface area contributed by atoms with Crippen molar-refractivity contribution < 1.29 is 9.47 Å². The van der Waals surface area contributed by atoms with Gasteiger partial charge in [0.2, 0.25) is 0 Å². The molecule has 1 fully saturated rings. The van der Waals surface area contributed by atoms with Gasteiger partial charge in [0.1, 0.15) is 18.1 Å². The largest absolute Gasteiger partial charge is 0.497 e. The van der Waals surface area contributed by atoms with Crippen molar-refractivity contribution in [2.24, 2.45) is 17.5 Å². The molecule has 2 aromatic rings. The second-order valence-corrected chi connectivity index (χ2v) is 8.51. The molecule has 0 spiro atoms. The van der Waals surface area contributed by atoms with Crippen LogP contribution in [0.2, 0.25) is 0 Å². The van der Waals surface area contributed by atoms with E-state index in [-0.39, 0.29) is 11.5 Å². The first kappa shape index (κ1) is 24.0. The third-order valence-corrected chi connectivity index (χ3v) is 7.12. The van der Waals surface area contributed by atoms with E-state index in [0.717, 1.165) is 55.6 Å². The number of guanidine groups is 1. The second-order valence-electron chi connectivity index (χ2n) is 8.51. The highest BCUT2D eigenvalue weighted by Gasteiger charge is 2.53. The number of nitrogens with one attached hydrogen (secondary N) is 2. The third-order valence-electron chi connectivity index (χ3n) is 7.12. The molecule has 1 aromatic heterocycles. The Morgan fingerprint density at radius 2 is 1.91 bits per heavy atom. The fraction of sp³-hybridized carbons (Fsp3) is 0.625. The van der Waals surface area contributed by atoms with Gasteiger partial charge in [-0.05, 0) is 50.3 Å². The Labute approximate surface area is 191 Å². The summed E-state index contributed by atoms with van der Waals surface area (Å²) in [4.78, 5) is 4.84. The fourth-order valence-corrected chi connectivity index (χ4v) is 4.65. The summed E-state index contributed by atoms with van der Waals surface area (Å²) in [5, 5.41) is 15.6. The van der Waals surface area contributed by atoms with Crippen molar-refractivity contribution in [1.82, 2.24) is 25.4 Å². The van der Waals surface area contributed by atoms with Crippen LogP contribution in [-0.2, 0) is 24.8 Å². The summed E-state index contributed by atoms with van der Waals surface area (Å²) in [5.74, 6) is 3.41. The van der Waals surface area contributed by atoms with Crippen LogP contribution in [0.1, 0.15) is 50.3 Å². The molecule has 0 bridgehead atoms. The molecule has 2 N–H and O–H groups in total. The van der Waals surface area contributed by atoms with Crippen LogP contribution in [0, 0.1) is 12.3 Å². The molecular weight excluding hydrogens is 404 g/mol. The lowest BCUT2D eigenvalue weighted by Gasteiger charge is -2.55. The van der Waals surface area contributed by atoms with E-state index in [1.165, 1.54) is 5.56 Å². The molecule has 32 heavy (non-hydrogen) atoms. The average molecular weight is 443 g/mol. The van der Waals surface area contributed by atoms with Crippen LogP contribution in [0.15, 0.2) is 29.3 Å². The van der Waals surface area contributed by atoms with Gasteiger partial charge in [-0.1, -0.05) is 26.0 Å². The van der Waals surface area contributed by atoms with Crippen molar-refractivity contribution in [1.29, 1.82) is 0 Å². The van der Waals surface area contributed by atoms with Crippen LogP contribution >= 0.6 is 0 Å². The van der Waals surface area contributed by atoms with E-state index in [1.54, 1.807) is 7.11 Å². The Hall–Kier alpha value is -2.61. The molecule has 0 amide bonds. The van der Waals surface area contributed by atoms with Crippen LogP contribution in [0.3, 0.4) is 0 Å². The van der Waals surface area contributed by atoms with Gasteiger partial charge in [-0.2, -0.15) is 0 Å². The molecule has 0 saturated heterocycles. The highest BCUT2D eigenvalue weighted by Crippen LogP contribution is 2.48. The smallest absolute Gasteiger partial charge is 0.191 e. The number of aryl methyl sites for hydroxylation is 1. The first-order chi connectivity index (χ1) is 15.5. The molecule has 1 saturated carbocycles. The Kier molecular flexibility index (Phi) is 8.12. The summed E-state index contributed by atoms with van der Waals surface area (Å²) in [7, 11) is 5.48. The average Bonchev–Trinajstić information content (AvgIpc) is 3.13. The number of aliphatic imine (C=N–C) groups is 1. The molecule has 1 aliphatic rings. The third kappa shape index (κ3) is 5.06. The van der Waals surface area contributed by atoms with E-state index < -0.39 is 0 Å². The van der Waals surface area contributed by atoms with Crippen LogP contribution in [-0.4, -0.2) is 53.6 Å². The Balaban J connectivity index is 1.69. The molecule has 0 radical (unpaired) electrons. The SMILES string of the molecule is CCC1(CC)C(NC(=NCc2nnc(C)n2C)NCCc2ccc(OC)cc2)CC1OC. The molecule has 3 rings (SSSR count). The first-order valence-corrected chi connectivity index (χ1v) is 11.5. The molecule has 8 nitrogen and oxygen atoms in total. The molecule has 2 atom stereocenters. The van der Waals surface area contributed by atoms with Gasteiger partial charge >= 0.3 is 0 Å². The van der Waals surface area contributed by atoms with Crippen LogP contribution in [0.25, 0.3) is 0 Å². The van der Waals surface area contributed by atoms with Gasteiger partial charge < -0.3 is 24.7 Å². The molecule has 176 valence electrons. The Bertz CT molecular complexity index is 888. The van der Waals surface area contributed by atoms with Crippen molar-refractivity contribution in [3.63, 3.8) is 0 Å². The molecular formula is C24H38N6O2. The summed E-state index contributed by atoms with van der Waals surface area (Å²) < 4.78 is 13.0. The van der Waals surface area contributed by atoms with Gasteiger partial charge in [-0.25, -0.2) is 4.99 Å². The van der Waals surface area contributed by atoms with Gasteiger partial charge in [0, 0.05) is 32.2 Å². The number of benzene rings is 1. The number of rotatable bonds is 10. The summed E-state index contributed by atoms with van der Waals surface area (Å²) in [6, 6.07) is 8.52. The fourth-order valence-electron chi connectivity index (χ4n) is 4.65. The molecule has 8 heteroatoms. The van der Waals surface area contributed by atoms with Crippen molar-refractivity contribution in [2.75, 3.05) is 20.8 Å². The lowest BCUT2D eigenvalue weighted by Crippen LogP contribution is -2.65. The van der Waals surface area contributed by atoms with E-state index in [1.807, 2.05) is 37.8 Å². The molecule has 1 aliphatic carbocycles. The van der Waals surface area contributed by atoms with E-state index in [9.17, 15) is 0 Å². The zero-order chi connectivity index (χ0) is 23.1. The van der Waals surface area contributed by atoms with Crippen LogP contribution in [0.5, 0.6) is 5.75 Å². The first-order valence-electron chi connectivity index (χ1n) is 11.5. The van der Waals surface area contributed by atoms with Gasteiger partial charge in [0.25, 0.3) is 0 Å². The molecule has 0 aliphatic heterocycles. The molecule has 1 heterocycles. The number of hydrogen-bond donors (Lipinski definition) is 2. The van der Waals surface area contributed by atoms with Gasteiger partial charge in [-0.15, -0.1) is 10.2 Å². The number of hydrogen-bond acceptors (Lipinski definition) is 5. The maximum atomic E-state index is 5.77. The summed E-state index contributed by atoms with van der Waals surface area (Å²) in [6.07, 6.45) is 4.31. The van der Waals surface area contributed by atoms with E-state index in [0.29, 0.717) is 12.6 Å². The summed E-state index contributed by atoms with van der Waals surface area (Å²) >= 11 is 0. The number of nitrogens with zero attached hydrogens (tertiary/aromatic N) is 4. The molecule has 1 aromatic carbocycles. The lowest BCUT2D eigenvalue weighted by atomic mass is 9.58. The maximum absolute atomic E-state index is 5.77. The minimum atomic E-state index is 0.133. The summed E-state index contributed by atoms with van der Waals surface area (Å²) in [6.45, 7) is 7.70. The quantitative estimate of drug-likeness (QED) is 0.435. The minimum Gasteiger partial charge on any atom is -0.497 e. The van der Waals surface area contributed by atoms with Crippen molar-refractivity contribution in [3.8, 4) is 5.75 Å². The van der Waals surface area contributed by atoms with Gasteiger partial charge in [-0.3, -0.25) is 0 Å². The highest BCUT2D eigenvalue weighted by atomic mass is 16.5.